The van der Waals surface area contributed by atoms with Gasteiger partial charge in [-0.2, -0.15) is 0 Å². The molecular weight excluding hydrogens is 208 g/mol. The molecule has 1 heterocycles. The van der Waals surface area contributed by atoms with Gasteiger partial charge in [0, 0.05) is 6.54 Å². The van der Waals surface area contributed by atoms with Crippen LogP contribution in [0.4, 0.5) is 4.79 Å². The van der Waals surface area contributed by atoms with E-state index in [1.807, 2.05) is 0 Å². The van der Waals surface area contributed by atoms with Crippen molar-refractivity contribution >= 4 is 6.03 Å². The number of amides is 2. The SMILES string of the molecule is C=CCNC(=O)NCC(C)(O)c1ccco1. The van der Waals surface area contributed by atoms with Crippen LogP contribution in [0.2, 0.25) is 0 Å². The summed E-state index contributed by atoms with van der Waals surface area (Å²) < 4.78 is 5.07. The molecule has 0 radical (unpaired) electrons. The lowest BCUT2D eigenvalue weighted by Crippen LogP contribution is -2.43. The highest BCUT2D eigenvalue weighted by Gasteiger charge is 2.26. The van der Waals surface area contributed by atoms with Gasteiger partial charge in [0.25, 0.3) is 0 Å². The van der Waals surface area contributed by atoms with Crippen molar-refractivity contribution in [1.29, 1.82) is 0 Å². The van der Waals surface area contributed by atoms with E-state index in [0.717, 1.165) is 0 Å². The van der Waals surface area contributed by atoms with Crippen molar-refractivity contribution in [1.82, 2.24) is 10.6 Å². The summed E-state index contributed by atoms with van der Waals surface area (Å²) >= 11 is 0. The van der Waals surface area contributed by atoms with Gasteiger partial charge in [0.05, 0.1) is 12.8 Å². The van der Waals surface area contributed by atoms with E-state index in [1.165, 1.54) is 6.26 Å². The van der Waals surface area contributed by atoms with E-state index >= 15 is 0 Å². The lowest BCUT2D eigenvalue weighted by Gasteiger charge is -2.21. The van der Waals surface area contributed by atoms with Crippen LogP contribution < -0.4 is 10.6 Å². The molecular formula is C11H16N2O3. The molecule has 1 unspecified atom stereocenters. The highest BCUT2D eigenvalue weighted by Crippen LogP contribution is 2.19. The zero-order chi connectivity index (χ0) is 12.0. The van der Waals surface area contributed by atoms with Crippen molar-refractivity contribution in [2.45, 2.75) is 12.5 Å². The van der Waals surface area contributed by atoms with E-state index in [-0.39, 0.29) is 12.6 Å². The molecule has 0 saturated heterocycles. The molecule has 1 atom stereocenters. The Morgan fingerprint density at radius 2 is 2.44 bits per heavy atom. The van der Waals surface area contributed by atoms with Crippen molar-refractivity contribution in [3.05, 3.63) is 36.8 Å². The number of carbonyl (C=O) groups excluding carboxylic acids is 1. The summed E-state index contributed by atoms with van der Waals surface area (Å²) in [6.07, 6.45) is 3.05. The summed E-state index contributed by atoms with van der Waals surface area (Å²) in [5.41, 5.74) is -1.21. The van der Waals surface area contributed by atoms with Gasteiger partial charge in [-0.15, -0.1) is 6.58 Å². The van der Waals surface area contributed by atoms with E-state index in [1.54, 1.807) is 25.1 Å². The predicted octanol–water partition coefficient (Wildman–Crippen LogP) is 0.972. The van der Waals surface area contributed by atoms with Crippen molar-refractivity contribution in [2.24, 2.45) is 0 Å². The number of carbonyl (C=O) groups is 1. The number of furan rings is 1. The van der Waals surface area contributed by atoms with Crippen LogP contribution in [0.15, 0.2) is 35.5 Å². The Morgan fingerprint density at radius 1 is 1.69 bits per heavy atom. The molecule has 3 N–H and O–H groups in total. The first-order chi connectivity index (χ1) is 7.56. The van der Waals surface area contributed by atoms with Crippen molar-refractivity contribution < 1.29 is 14.3 Å². The molecule has 2 amide bonds. The van der Waals surface area contributed by atoms with E-state index in [4.69, 9.17) is 4.42 Å². The van der Waals surface area contributed by atoms with E-state index < -0.39 is 5.60 Å². The quantitative estimate of drug-likeness (QED) is 0.652. The van der Waals surface area contributed by atoms with Crippen LogP contribution >= 0.6 is 0 Å². The normalized spacial score (nSPS) is 13.9. The molecule has 0 aromatic carbocycles. The van der Waals surface area contributed by atoms with Gasteiger partial charge < -0.3 is 20.2 Å². The minimum atomic E-state index is -1.21. The standard InChI is InChI=1S/C11H16N2O3/c1-3-6-12-10(14)13-8-11(2,15)9-5-4-7-16-9/h3-5,7,15H,1,6,8H2,2H3,(H2,12,13,14). The maximum absolute atomic E-state index is 11.2. The van der Waals surface area contributed by atoms with E-state index in [2.05, 4.69) is 17.2 Å². The molecule has 0 aliphatic rings. The number of nitrogens with one attached hydrogen (secondary N) is 2. The third-order valence-electron chi connectivity index (χ3n) is 2.05. The zero-order valence-electron chi connectivity index (χ0n) is 9.19. The lowest BCUT2D eigenvalue weighted by molar-refractivity contribution is 0.0368. The van der Waals surface area contributed by atoms with Crippen LogP contribution in [0.3, 0.4) is 0 Å². The summed E-state index contributed by atoms with van der Waals surface area (Å²) in [7, 11) is 0. The van der Waals surface area contributed by atoms with Crippen LogP contribution in [0.5, 0.6) is 0 Å². The maximum Gasteiger partial charge on any atom is 0.315 e. The second-order valence-corrected chi connectivity index (χ2v) is 3.60. The van der Waals surface area contributed by atoms with Gasteiger partial charge in [-0.25, -0.2) is 4.79 Å². The number of hydrogen-bond acceptors (Lipinski definition) is 3. The van der Waals surface area contributed by atoms with Gasteiger partial charge in [0.2, 0.25) is 0 Å². The first-order valence-electron chi connectivity index (χ1n) is 4.95. The molecule has 0 bridgehead atoms. The maximum atomic E-state index is 11.2. The Kier molecular flexibility index (Phi) is 4.13. The van der Waals surface area contributed by atoms with Gasteiger partial charge >= 0.3 is 6.03 Å². The minimum absolute atomic E-state index is 0.0729. The third kappa shape index (κ3) is 3.43. The van der Waals surface area contributed by atoms with Gasteiger partial charge in [0.1, 0.15) is 11.4 Å². The topological polar surface area (TPSA) is 74.5 Å². The fourth-order valence-corrected chi connectivity index (χ4v) is 1.15. The predicted molar refractivity (Wildman–Crippen MR) is 59.9 cm³/mol. The Balaban J connectivity index is 2.42. The molecule has 88 valence electrons. The van der Waals surface area contributed by atoms with Gasteiger partial charge in [-0.3, -0.25) is 0 Å². The summed E-state index contributed by atoms with van der Waals surface area (Å²) in [5, 5.41) is 15.1. The number of aliphatic hydroxyl groups is 1. The number of urea groups is 1. The molecule has 5 heteroatoms. The molecule has 0 saturated carbocycles. The number of rotatable bonds is 5. The Bertz CT molecular complexity index is 344. The molecule has 16 heavy (non-hydrogen) atoms. The average molecular weight is 224 g/mol. The van der Waals surface area contributed by atoms with Crippen LogP contribution in [0, 0.1) is 0 Å². The largest absolute Gasteiger partial charge is 0.466 e. The zero-order valence-corrected chi connectivity index (χ0v) is 9.19. The Hall–Kier alpha value is -1.75. The summed E-state index contributed by atoms with van der Waals surface area (Å²) in [5.74, 6) is 0.413. The van der Waals surface area contributed by atoms with Crippen LogP contribution in [-0.2, 0) is 5.60 Å². The number of hydrogen-bond donors (Lipinski definition) is 3. The molecule has 1 rings (SSSR count). The van der Waals surface area contributed by atoms with Crippen molar-refractivity contribution in [3.63, 3.8) is 0 Å². The van der Waals surface area contributed by atoms with Crippen molar-refractivity contribution in [3.8, 4) is 0 Å². The molecule has 0 spiro atoms. The first-order valence-corrected chi connectivity index (χ1v) is 4.95. The smallest absolute Gasteiger partial charge is 0.315 e. The highest BCUT2D eigenvalue weighted by molar-refractivity contribution is 5.74. The fraction of sp³-hybridized carbons (Fsp3) is 0.364. The fourth-order valence-electron chi connectivity index (χ4n) is 1.15. The van der Waals surface area contributed by atoms with E-state index in [9.17, 15) is 9.90 Å². The minimum Gasteiger partial charge on any atom is -0.466 e. The van der Waals surface area contributed by atoms with Crippen LogP contribution in [0.1, 0.15) is 12.7 Å². The van der Waals surface area contributed by atoms with Gasteiger partial charge in [0.15, 0.2) is 0 Å². The molecule has 0 aliphatic carbocycles. The van der Waals surface area contributed by atoms with Crippen LogP contribution in [0.25, 0.3) is 0 Å². The summed E-state index contributed by atoms with van der Waals surface area (Å²) in [6.45, 7) is 5.50. The highest BCUT2D eigenvalue weighted by atomic mass is 16.4. The Morgan fingerprint density at radius 3 is 3.00 bits per heavy atom. The Labute approximate surface area is 94.1 Å². The third-order valence-corrected chi connectivity index (χ3v) is 2.05. The summed E-state index contributed by atoms with van der Waals surface area (Å²) in [6, 6.07) is 2.98. The second-order valence-electron chi connectivity index (χ2n) is 3.60. The lowest BCUT2D eigenvalue weighted by atomic mass is 10.0. The monoisotopic (exact) mass is 224 g/mol. The van der Waals surface area contributed by atoms with E-state index in [0.29, 0.717) is 12.3 Å². The summed E-state index contributed by atoms with van der Waals surface area (Å²) in [4.78, 5) is 11.2. The van der Waals surface area contributed by atoms with Gasteiger partial charge in [-0.1, -0.05) is 6.08 Å². The molecule has 5 nitrogen and oxygen atoms in total. The van der Waals surface area contributed by atoms with Crippen molar-refractivity contribution in [2.75, 3.05) is 13.1 Å². The molecule has 1 aromatic rings. The van der Waals surface area contributed by atoms with Gasteiger partial charge in [-0.05, 0) is 19.1 Å². The first kappa shape index (κ1) is 12.3. The molecule has 1 aromatic heterocycles. The molecule has 0 fully saturated rings. The second kappa shape index (κ2) is 5.37. The molecule has 0 aliphatic heterocycles. The average Bonchev–Trinajstić information content (AvgIpc) is 2.77. The van der Waals surface area contributed by atoms with Crippen LogP contribution in [-0.4, -0.2) is 24.2 Å².